The lowest BCUT2D eigenvalue weighted by atomic mass is 10.0. The predicted molar refractivity (Wildman–Crippen MR) is 86.4 cm³/mol. The number of hydrogen-bond acceptors (Lipinski definition) is 3. The Morgan fingerprint density at radius 3 is 1.52 bits per heavy atom. The molecule has 0 aromatic heterocycles. The van der Waals surface area contributed by atoms with E-state index >= 15 is 0 Å². The lowest BCUT2D eigenvalue weighted by Gasteiger charge is -2.25. The van der Waals surface area contributed by atoms with E-state index in [0.717, 1.165) is 38.5 Å². The summed E-state index contributed by atoms with van der Waals surface area (Å²) in [5, 5.41) is 0.608. The lowest BCUT2D eigenvalue weighted by Crippen LogP contribution is -2.31. The Morgan fingerprint density at radius 2 is 1.24 bits per heavy atom. The molecule has 5 heteroatoms. The van der Waals surface area contributed by atoms with E-state index in [-0.39, 0.29) is 12.2 Å². The van der Waals surface area contributed by atoms with Gasteiger partial charge < -0.3 is 14.2 Å². The van der Waals surface area contributed by atoms with E-state index in [1.807, 2.05) is 0 Å². The summed E-state index contributed by atoms with van der Waals surface area (Å²) < 4.78 is 17.1. The van der Waals surface area contributed by atoms with E-state index in [1.165, 1.54) is 0 Å². The van der Waals surface area contributed by atoms with E-state index in [1.54, 1.807) is 14.2 Å². The van der Waals surface area contributed by atoms with Crippen molar-refractivity contribution in [3.05, 3.63) is 0 Å². The van der Waals surface area contributed by atoms with Gasteiger partial charge in [-0.15, -0.1) is 23.2 Å². The molecule has 0 aromatic carbocycles. The van der Waals surface area contributed by atoms with E-state index in [2.05, 4.69) is 0 Å². The van der Waals surface area contributed by atoms with Gasteiger partial charge in [0.15, 0.2) is 0 Å². The zero-order valence-electron chi connectivity index (χ0n) is 13.1. The second-order valence-corrected chi connectivity index (χ2v) is 7.66. The Balaban J connectivity index is 1.71. The first-order chi connectivity index (χ1) is 10.1. The quantitative estimate of drug-likeness (QED) is 0.629. The molecule has 2 aliphatic rings. The average Bonchev–Trinajstić information content (AvgIpc) is 3.08. The molecule has 0 radical (unpaired) electrons. The number of hydrogen-bond donors (Lipinski definition) is 0. The summed E-state index contributed by atoms with van der Waals surface area (Å²) in [7, 11) is 3.52. The fourth-order valence-corrected chi connectivity index (χ4v) is 4.40. The highest BCUT2D eigenvalue weighted by Gasteiger charge is 2.32. The Labute approximate surface area is 138 Å². The Kier molecular flexibility index (Phi) is 7.57. The zero-order valence-corrected chi connectivity index (χ0v) is 14.6. The number of ether oxygens (including phenoxy) is 3. The highest BCUT2D eigenvalue weighted by atomic mass is 35.5. The number of halogens is 2. The normalized spacial score (nSPS) is 36.0. The lowest BCUT2D eigenvalue weighted by molar-refractivity contribution is -0.0648. The molecule has 2 rings (SSSR count). The Hall–Kier alpha value is 0.460. The SMILES string of the molecule is COC(COCC(OC)C1CCC(Cl)C1)C1CCC(Cl)C1. The molecule has 0 heterocycles. The van der Waals surface area contributed by atoms with Crippen molar-refractivity contribution in [3.63, 3.8) is 0 Å². The van der Waals surface area contributed by atoms with Crippen molar-refractivity contribution in [1.82, 2.24) is 0 Å². The molecule has 6 unspecified atom stereocenters. The van der Waals surface area contributed by atoms with Crippen molar-refractivity contribution in [2.45, 2.75) is 61.5 Å². The maximum Gasteiger partial charge on any atom is 0.0833 e. The molecule has 124 valence electrons. The molecule has 0 spiro atoms. The summed E-state index contributed by atoms with van der Waals surface area (Å²) in [5.74, 6) is 1.05. The van der Waals surface area contributed by atoms with Crippen molar-refractivity contribution in [1.29, 1.82) is 0 Å². The first kappa shape index (κ1) is 17.8. The van der Waals surface area contributed by atoms with Crippen molar-refractivity contribution >= 4 is 23.2 Å². The van der Waals surface area contributed by atoms with E-state index in [9.17, 15) is 0 Å². The molecule has 3 nitrogen and oxygen atoms in total. The fraction of sp³-hybridized carbons (Fsp3) is 1.00. The summed E-state index contributed by atoms with van der Waals surface area (Å²) in [4.78, 5) is 0. The van der Waals surface area contributed by atoms with Crippen LogP contribution in [0.15, 0.2) is 0 Å². The maximum atomic E-state index is 6.19. The molecule has 21 heavy (non-hydrogen) atoms. The zero-order chi connectivity index (χ0) is 15.2. The first-order valence-electron chi connectivity index (χ1n) is 8.05. The third kappa shape index (κ3) is 5.24. The number of methoxy groups -OCH3 is 2. The largest absolute Gasteiger partial charge is 0.379 e. The molecular formula is C16H28Cl2O3. The Bertz CT molecular complexity index is 275. The van der Waals surface area contributed by atoms with Crippen LogP contribution < -0.4 is 0 Å². The van der Waals surface area contributed by atoms with E-state index in [4.69, 9.17) is 37.4 Å². The molecule has 2 aliphatic carbocycles. The van der Waals surface area contributed by atoms with Crippen LogP contribution in [0.25, 0.3) is 0 Å². The summed E-state index contributed by atoms with van der Waals surface area (Å²) in [6, 6.07) is 0. The topological polar surface area (TPSA) is 27.7 Å². The summed E-state index contributed by atoms with van der Waals surface area (Å²) in [6.45, 7) is 1.25. The van der Waals surface area contributed by atoms with Crippen LogP contribution in [0.2, 0.25) is 0 Å². The minimum atomic E-state index is 0.149. The summed E-state index contributed by atoms with van der Waals surface area (Å²) >= 11 is 12.4. The van der Waals surface area contributed by atoms with Gasteiger partial charge in [0.05, 0.1) is 25.4 Å². The van der Waals surface area contributed by atoms with Crippen LogP contribution in [0, 0.1) is 11.8 Å². The van der Waals surface area contributed by atoms with E-state index in [0.29, 0.717) is 35.8 Å². The van der Waals surface area contributed by atoms with Gasteiger partial charge in [0.25, 0.3) is 0 Å². The summed E-state index contributed by atoms with van der Waals surface area (Å²) in [5.41, 5.74) is 0. The van der Waals surface area contributed by atoms with Crippen molar-refractivity contribution in [2.75, 3.05) is 27.4 Å². The van der Waals surface area contributed by atoms with Crippen LogP contribution in [0.5, 0.6) is 0 Å². The van der Waals surface area contributed by atoms with E-state index < -0.39 is 0 Å². The van der Waals surface area contributed by atoms with Gasteiger partial charge in [-0.2, -0.15) is 0 Å². The molecule has 0 N–H and O–H groups in total. The molecular weight excluding hydrogens is 311 g/mol. The van der Waals surface area contributed by atoms with Crippen LogP contribution in [0.1, 0.15) is 38.5 Å². The van der Waals surface area contributed by atoms with Gasteiger partial charge in [0.1, 0.15) is 0 Å². The minimum absolute atomic E-state index is 0.149. The van der Waals surface area contributed by atoms with Gasteiger partial charge in [0, 0.05) is 25.0 Å². The first-order valence-corrected chi connectivity index (χ1v) is 8.92. The van der Waals surface area contributed by atoms with Crippen molar-refractivity contribution in [2.24, 2.45) is 11.8 Å². The number of rotatable bonds is 8. The second-order valence-electron chi connectivity index (χ2n) is 6.43. The molecule has 6 atom stereocenters. The minimum Gasteiger partial charge on any atom is -0.379 e. The van der Waals surface area contributed by atoms with Gasteiger partial charge in [0.2, 0.25) is 0 Å². The standard InChI is InChI=1S/C16H28Cl2O3/c1-19-15(11-3-5-13(17)7-11)9-21-10-16(20-2)12-4-6-14(18)8-12/h11-16H,3-10H2,1-2H3. The predicted octanol–water partition coefficient (Wildman–Crippen LogP) is 3.85. The van der Waals surface area contributed by atoms with Crippen molar-refractivity contribution < 1.29 is 14.2 Å². The van der Waals surface area contributed by atoms with Crippen LogP contribution in [-0.4, -0.2) is 50.4 Å². The van der Waals surface area contributed by atoms with Crippen molar-refractivity contribution in [3.8, 4) is 0 Å². The third-order valence-corrected chi connectivity index (χ3v) is 5.83. The fourth-order valence-electron chi connectivity index (χ4n) is 3.69. The molecule has 0 aromatic rings. The highest BCUT2D eigenvalue weighted by Crippen LogP contribution is 2.34. The Morgan fingerprint density at radius 1 is 0.810 bits per heavy atom. The molecule has 2 saturated carbocycles. The molecule has 2 fully saturated rings. The molecule has 0 amide bonds. The van der Waals surface area contributed by atoms with Gasteiger partial charge >= 0.3 is 0 Å². The maximum absolute atomic E-state index is 6.19. The van der Waals surface area contributed by atoms with Gasteiger partial charge in [-0.25, -0.2) is 0 Å². The average molecular weight is 339 g/mol. The van der Waals surface area contributed by atoms with Crippen LogP contribution >= 0.6 is 23.2 Å². The monoisotopic (exact) mass is 338 g/mol. The van der Waals surface area contributed by atoms with Crippen LogP contribution in [-0.2, 0) is 14.2 Å². The molecule has 0 bridgehead atoms. The van der Waals surface area contributed by atoms with Gasteiger partial charge in [-0.3, -0.25) is 0 Å². The molecule has 0 aliphatic heterocycles. The highest BCUT2D eigenvalue weighted by molar-refractivity contribution is 6.21. The molecule has 0 saturated heterocycles. The number of alkyl halides is 2. The second kappa shape index (κ2) is 8.93. The van der Waals surface area contributed by atoms with Gasteiger partial charge in [-0.1, -0.05) is 0 Å². The van der Waals surface area contributed by atoms with Crippen LogP contribution in [0.3, 0.4) is 0 Å². The van der Waals surface area contributed by atoms with Gasteiger partial charge in [-0.05, 0) is 50.4 Å². The summed E-state index contributed by atoms with van der Waals surface area (Å²) in [6.07, 6.45) is 6.83. The third-order valence-electron chi connectivity index (χ3n) is 5.04. The smallest absolute Gasteiger partial charge is 0.0833 e. The van der Waals surface area contributed by atoms with Crippen LogP contribution in [0.4, 0.5) is 0 Å².